The predicted octanol–water partition coefficient (Wildman–Crippen LogP) is 4.29. The second kappa shape index (κ2) is 4.49. The van der Waals surface area contributed by atoms with Gasteiger partial charge in [-0.3, -0.25) is 0 Å². The molecule has 3 heteroatoms. The summed E-state index contributed by atoms with van der Waals surface area (Å²) in [7, 11) is 0. The monoisotopic (exact) mass is 254 g/mol. The third-order valence-corrected chi connectivity index (χ3v) is 4.55. The molecule has 3 rings (SSSR count). The normalized spacial score (nSPS) is 30.8. The Bertz CT molecular complexity index is 421. The lowest BCUT2D eigenvalue weighted by atomic mass is 9.89. The molecule has 1 aromatic rings. The van der Waals surface area contributed by atoms with Crippen LogP contribution in [0.5, 0.6) is 5.75 Å². The summed E-state index contributed by atoms with van der Waals surface area (Å²) in [6, 6.07) is 4.65. The van der Waals surface area contributed by atoms with Gasteiger partial charge in [0.2, 0.25) is 0 Å². The van der Waals surface area contributed by atoms with Gasteiger partial charge in [-0.2, -0.15) is 0 Å². The van der Waals surface area contributed by atoms with Crippen molar-refractivity contribution in [3.05, 3.63) is 29.0 Å². The molecule has 0 heterocycles. The number of rotatable bonds is 3. The van der Waals surface area contributed by atoms with Gasteiger partial charge >= 0.3 is 0 Å². The van der Waals surface area contributed by atoms with Gasteiger partial charge in [0.25, 0.3) is 0 Å². The summed E-state index contributed by atoms with van der Waals surface area (Å²) in [5, 5.41) is 0.150. The molecule has 2 aliphatic carbocycles. The molecule has 2 aliphatic rings. The quantitative estimate of drug-likeness (QED) is 0.782. The van der Waals surface area contributed by atoms with Crippen molar-refractivity contribution < 1.29 is 9.13 Å². The van der Waals surface area contributed by atoms with E-state index in [1.54, 1.807) is 12.1 Å². The molecular weight excluding hydrogens is 239 g/mol. The average Bonchev–Trinajstić information content (AvgIpc) is 2.92. The Kier molecular flexibility index (Phi) is 2.99. The molecule has 2 bridgehead atoms. The van der Waals surface area contributed by atoms with Crippen molar-refractivity contribution >= 4 is 11.6 Å². The van der Waals surface area contributed by atoms with E-state index in [2.05, 4.69) is 0 Å². The molecular formula is C14H16ClFO. The Balaban J connectivity index is 1.59. The summed E-state index contributed by atoms with van der Waals surface area (Å²) in [5.74, 6) is 2.63. The van der Waals surface area contributed by atoms with Crippen LogP contribution in [0, 0.1) is 23.6 Å². The van der Waals surface area contributed by atoms with Crippen LogP contribution in [0.4, 0.5) is 4.39 Å². The van der Waals surface area contributed by atoms with Gasteiger partial charge in [0, 0.05) is 6.07 Å². The first kappa shape index (κ1) is 11.3. The molecule has 2 fully saturated rings. The number of halogens is 2. The van der Waals surface area contributed by atoms with Gasteiger partial charge in [0.15, 0.2) is 0 Å². The number of fused-ring (bicyclic) bond motifs is 2. The summed E-state index contributed by atoms with van der Waals surface area (Å²) in [5.41, 5.74) is 0. The Labute approximate surface area is 106 Å². The van der Waals surface area contributed by atoms with E-state index >= 15 is 0 Å². The van der Waals surface area contributed by atoms with Crippen molar-refractivity contribution in [1.82, 2.24) is 0 Å². The van der Waals surface area contributed by atoms with Crippen LogP contribution in [0.2, 0.25) is 5.02 Å². The van der Waals surface area contributed by atoms with E-state index in [0.717, 1.165) is 18.4 Å². The van der Waals surface area contributed by atoms with E-state index in [1.807, 2.05) is 0 Å². The van der Waals surface area contributed by atoms with Gasteiger partial charge < -0.3 is 4.74 Å². The van der Waals surface area contributed by atoms with Crippen LogP contribution >= 0.6 is 11.6 Å². The molecule has 0 radical (unpaired) electrons. The maximum Gasteiger partial charge on any atom is 0.145 e. The van der Waals surface area contributed by atoms with Gasteiger partial charge in [0.05, 0.1) is 11.6 Å². The van der Waals surface area contributed by atoms with Gasteiger partial charge in [-0.25, -0.2) is 4.39 Å². The van der Waals surface area contributed by atoms with Crippen LogP contribution in [0.15, 0.2) is 18.2 Å². The first-order chi connectivity index (χ1) is 8.22. The highest BCUT2D eigenvalue weighted by Crippen LogP contribution is 2.48. The third-order valence-electron chi connectivity index (χ3n) is 4.24. The van der Waals surface area contributed by atoms with Crippen molar-refractivity contribution in [2.24, 2.45) is 17.8 Å². The Morgan fingerprint density at radius 1 is 1.29 bits per heavy atom. The summed E-state index contributed by atoms with van der Waals surface area (Å²) >= 11 is 5.63. The number of benzene rings is 1. The van der Waals surface area contributed by atoms with Crippen LogP contribution < -0.4 is 4.74 Å². The van der Waals surface area contributed by atoms with Crippen molar-refractivity contribution in [3.8, 4) is 5.75 Å². The van der Waals surface area contributed by atoms with E-state index in [9.17, 15) is 4.39 Å². The lowest BCUT2D eigenvalue weighted by Crippen LogP contribution is -2.18. The zero-order valence-electron chi connectivity index (χ0n) is 9.66. The zero-order valence-corrected chi connectivity index (χ0v) is 10.4. The molecule has 1 aromatic carbocycles. The van der Waals surface area contributed by atoms with E-state index in [4.69, 9.17) is 16.3 Å². The van der Waals surface area contributed by atoms with Crippen LogP contribution in [-0.2, 0) is 0 Å². The summed E-state index contributed by atoms with van der Waals surface area (Å²) in [4.78, 5) is 0. The molecule has 0 N–H and O–H groups in total. The highest BCUT2D eigenvalue weighted by molar-refractivity contribution is 6.30. The van der Waals surface area contributed by atoms with Gasteiger partial charge in [-0.1, -0.05) is 18.0 Å². The van der Waals surface area contributed by atoms with Gasteiger partial charge in [-0.15, -0.1) is 0 Å². The summed E-state index contributed by atoms with van der Waals surface area (Å²) in [6.45, 7) is 0.724. The topological polar surface area (TPSA) is 9.23 Å². The Hall–Kier alpha value is -0.760. The number of hydrogen-bond donors (Lipinski definition) is 0. The first-order valence-corrected chi connectivity index (χ1v) is 6.68. The lowest BCUT2D eigenvalue weighted by Gasteiger charge is -2.21. The van der Waals surface area contributed by atoms with Crippen LogP contribution in [-0.4, -0.2) is 6.61 Å². The van der Waals surface area contributed by atoms with Crippen molar-refractivity contribution in [2.75, 3.05) is 6.61 Å². The molecule has 3 unspecified atom stereocenters. The minimum Gasteiger partial charge on any atom is -0.493 e. The highest BCUT2D eigenvalue weighted by atomic mass is 35.5. The maximum atomic E-state index is 13.2. The molecule has 0 saturated heterocycles. The zero-order chi connectivity index (χ0) is 11.8. The molecule has 0 aliphatic heterocycles. The molecule has 17 heavy (non-hydrogen) atoms. The van der Waals surface area contributed by atoms with Crippen molar-refractivity contribution in [2.45, 2.75) is 25.7 Å². The largest absolute Gasteiger partial charge is 0.493 e. The smallest absolute Gasteiger partial charge is 0.145 e. The lowest BCUT2D eigenvalue weighted by molar-refractivity contribution is 0.195. The van der Waals surface area contributed by atoms with Gasteiger partial charge in [-0.05, 0) is 49.1 Å². The van der Waals surface area contributed by atoms with Crippen molar-refractivity contribution in [1.29, 1.82) is 0 Å². The second-order valence-electron chi connectivity index (χ2n) is 5.32. The predicted molar refractivity (Wildman–Crippen MR) is 65.8 cm³/mol. The average molecular weight is 255 g/mol. The number of ether oxygens (including phenoxy) is 1. The first-order valence-electron chi connectivity index (χ1n) is 6.30. The fraction of sp³-hybridized carbons (Fsp3) is 0.571. The third kappa shape index (κ3) is 2.28. The Morgan fingerprint density at radius 3 is 2.82 bits per heavy atom. The molecule has 0 amide bonds. The van der Waals surface area contributed by atoms with Crippen LogP contribution in [0.3, 0.4) is 0 Å². The minimum atomic E-state index is -0.405. The summed E-state index contributed by atoms with van der Waals surface area (Å²) in [6.07, 6.45) is 5.42. The maximum absolute atomic E-state index is 13.2. The van der Waals surface area contributed by atoms with Gasteiger partial charge in [0.1, 0.15) is 11.6 Å². The number of hydrogen-bond acceptors (Lipinski definition) is 1. The fourth-order valence-electron chi connectivity index (χ4n) is 3.35. The fourth-order valence-corrected chi connectivity index (χ4v) is 3.47. The molecule has 3 atom stereocenters. The molecule has 0 spiro atoms. The SMILES string of the molecule is Fc1cc(OCC2CC3CCC2C3)ccc1Cl. The van der Waals surface area contributed by atoms with Crippen LogP contribution in [0.25, 0.3) is 0 Å². The van der Waals surface area contributed by atoms with E-state index in [1.165, 1.54) is 31.7 Å². The minimum absolute atomic E-state index is 0.150. The van der Waals surface area contributed by atoms with Crippen molar-refractivity contribution in [3.63, 3.8) is 0 Å². The Morgan fingerprint density at radius 2 is 2.18 bits per heavy atom. The highest BCUT2D eigenvalue weighted by Gasteiger charge is 2.39. The molecule has 1 nitrogen and oxygen atoms in total. The van der Waals surface area contributed by atoms with Crippen LogP contribution in [0.1, 0.15) is 25.7 Å². The van der Waals surface area contributed by atoms with E-state index in [0.29, 0.717) is 11.7 Å². The summed E-state index contributed by atoms with van der Waals surface area (Å²) < 4.78 is 18.9. The van der Waals surface area contributed by atoms with E-state index in [-0.39, 0.29) is 5.02 Å². The second-order valence-corrected chi connectivity index (χ2v) is 5.73. The molecule has 0 aromatic heterocycles. The van der Waals surface area contributed by atoms with E-state index < -0.39 is 5.82 Å². The molecule has 92 valence electrons. The standard InChI is InChI=1S/C14H16ClFO/c15-13-4-3-12(7-14(13)16)17-8-11-6-9-1-2-10(11)5-9/h3-4,7,9-11H,1-2,5-6,8H2. The molecule has 2 saturated carbocycles.